The van der Waals surface area contributed by atoms with Crippen LogP contribution in [0.15, 0.2) is 66.7 Å². The number of aliphatic hydroxyl groups excluding tert-OH is 1. The highest BCUT2D eigenvalue weighted by atomic mass is 32.2. The number of amides is 1. The molecule has 1 aliphatic heterocycles. The maximum atomic E-state index is 13.6. The molecule has 4 rings (SSSR count). The predicted molar refractivity (Wildman–Crippen MR) is 155 cm³/mol. The molecule has 0 saturated carbocycles. The molecule has 0 aromatic heterocycles. The molecule has 3 N–H and O–H groups in total. The molecule has 0 aliphatic carbocycles. The van der Waals surface area contributed by atoms with Crippen LogP contribution in [-0.2, 0) is 23.3 Å². The number of nitriles is 1. The third kappa shape index (κ3) is 8.15. The minimum atomic E-state index is -3.89. The topological polar surface area (TPSA) is 158 Å². The van der Waals surface area contributed by atoms with E-state index in [9.17, 15) is 32.2 Å². The number of benzene rings is 3. The molecule has 44 heavy (non-hydrogen) atoms. The van der Waals surface area contributed by atoms with Crippen LogP contribution in [0.1, 0.15) is 30.5 Å². The maximum absolute atomic E-state index is 13.6. The van der Waals surface area contributed by atoms with Gasteiger partial charge in [0.05, 0.1) is 30.3 Å². The number of alkyl halides is 2. The van der Waals surface area contributed by atoms with Crippen LogP contribution in [0.5, 0.6) is 17.2 Å². The van der Waals surface area contributed by atoms with Crippen LogP contribution in [0.3, 0.4) is 0 Å². The molecular formula is C30H29F2N3O8S. The molecular weight excluding hydrogens is 600 g/mol. The fourth-order valence-corrected chi connectivity index (χ4v) is 5.40. The maximum Gasteiger partial charge on any atom is 0.586 e. The van der Waals surface area contributed by atoms with Crippen LogP contribution in [-0.4, -0.2) is 54.7 Å². The van der Waals surface area contributed by atoms with Crippen LogP contribution in [0, 0.1) is 17.2 Å². The normalized spacial score (nSPS) is 14.3. The second kappa shape index (κ2) is 13.6. The van der Waals surface area contributed by atoms with E-state index in [0.29, 0.717) is 16.9 Å². The average Bonchev–Trinajstić information content (AvgIpc) is 3.28. The number of anilines is 1. The van der Waals surface area contributed by atoms with Crippen LogP contribution >= 0.6 is 0 Å². The zero-order valence-electron chi connectivity index (χ0n) is 23.6. The summed E-state index contributed by atoms with van der Waals surface area (Å²) < 4.78 is 66.4. The van der Waals surface area contributed by atoms with Gasteiger partial charge in [-0.25, -0.2) is 4.79 Å². The molecule has 0 radical (unpaired) electrons. The number of carbonyl (C=O) groups is 1. The number of fused-ring (bicyclic) bond motifs is 1. The summed E-state index contributed by atoms with van der Waals surface area (Å²) in [5, 5.41) is 32.1. The number of nitrogens with zero attached hydrogens (tertiary/aromatic N) is 2. The number of hydrogen-bond donors (Lipinski definition) is 3. The van der Waals surface area contributed by atoms with Gasteiger partial charge in [-0.15, -0.1) is 8.78 Å². The fourth-order valence-electron chi connectivity index (χ4n) is 4.65. The molecule has 1 heterocycles. The third-order valence-corrected chi connectivity index (χ3v) is 7.64. The average molecular weight is 630 g/mol. The molecule has 14 heteroatoms. The third-order valence-electron chi connectivity index (χ3n) is 6.61. The van der Waals surface area contributed by atoms with E-state index in [2.05, 4.69) is 20.9 Å². The molecule has 3 aromatic rings. The van der Waals surface area contributed by atoms with E-state index in [-0.39, 0.29) is 35.2 Å². The number of aliphatic hydroxyl groups is 1. The van der Waals surface area contributed by atoms with Crippen molar-refractivity contribution in [2.24, 2.45) is 5.92 Å². The second-order valence-corrected chi connectivity index (χ2v) is 11.1. The summed E-state index contributed by atoms with van der Waals surface area (Å²) in [5.41, 5.74) is 2.06. The van der Waals surface area contributed by atoms with Gasteiger partial charge in [-0.05, 0) is 53.9 Å². The first-order chi connectivity index (χ1) is 20.8. The van der Waals surface area contributed by atoms with Crippen molar-refractivity contribution in [1.82, 2.24) is 5.32 Å². The molecule has 3 aromatic carbocycles. The van der Waals surface area contributed by atoms with Gasteiger partial charge in [0.15, 0.2) is 11.5 Å². The Bertz CT molecular complexity index is 1680. The van der Waals surface area contributed by atoms with Crippen molar-refractivity contribution in [3.8, 4) is 23.3 Å². The Balaban J connectivity index is 1.53. The molecule has 0 bridgehead atoms. The lowest BCUT2D eigenvalue weighted by molar-refractivity contribution is -0.286. The largest absolute Gasteiger partial charge is 0.586 e. The molecule has 0 fully saturated rings. The summed E-state index contributed by atoms with van der Waals surface area (Å²) >= 11 is 0. The van der Waals surface area contributed by atoms with E-state index in [1.54, 1.807) is 56.3 Å². The van der Waals surface area contributed by atoms with E-state index in [1.807, 2.05) is 6.07 Å². The minimum Gasteiger partial charge on any atom is -0.489 e. The van der Waals surface area contributed by atoms with Gasteiger partial charge in [-0.3, -0.25) is 0 Å². The highest BCUT2D eigenvalue weighted by molar-refractivity contribution is 7.73. The minimum absolute atomic E-state index is 0.0244. The molecule has 2 atom stereocenters. The van der Waals surface area contributed by atoms with Gasteiger partial charge in [0, 0.05) is 17.7 Å². The highest BCUT2D eigenvalue weighted by Gasteiger charge is 2.43. The fraction of sp³-hybridized carbons (Fsp3) is 0.300. The van der Waals surface area contributed by atoms with Crippen molar-refractivity contribution in [2.45, 2.75) is 45.3 Å². The standard InChI is InChI=1S/C30H29F2N3O8S/c1-18(2)28(44(39)40)35(22-8-11-26-27(14-22)43-30(31,32)42-26)16-25(36)24(34-29(37)38)13-19-6-9-23(10-7-19)41-17-21-5-3-4-20(12-21)15-33/h3-12,14,18,24-25,34,36H,13,16-17H2,1-2H3,(H,37,38)/t24-,25+/m0/s1. The summed E-state index contributed by atoms with van der Waals surface area (Å²) in [7, 11) is -2.78. The van der Waals surface area contributed by atoms with E-state index in [0.717, 1.165) is 11.6 Å². The van der Waals surface area contributed by atoms with Gasteiger partial charge in [0.1, 0.15) is 17.3 Å². The van der Waals surface area contributed by atoms with Gasteiger partial charge in [0.2, 0.25) is 10.3 Å². The second-order valence-electron chi connectivity index (χ2n) is 10.2. The number of rotatable bonds is 11. The van der Waals surface area contributed by atoms with Gasteiger partial charge >= 0.3 is 12.4 Å². The van der Waals surface area contributed by atoms with E-state index in [1.165, 1.54) is 17.0 Å². The quantitative estimate of drug-likeness (QED) is 0.263. The van der Waals surface area contributed by atoms with Crippen molar-refractivity contribution < 1.29 is 46.4 Å². The van der Waals surface area contributed by atoms with Gasteiger partial charge in [0.25, 0.3) is 0 Å². The van der Waals surface area contributed by atoms with Crippen molar-refractivity contribution in [1.29, 1.82) is 5.26 Å². The number of carboxylic acid groups (broad SMARTS) is 1. The number of hydrogen-bond acceptors (Lipinski definition) is 8. The van der Waals surface area contributed by atoms with Gasteiger partial charge in [-0.1, -0.05) is 38.1 Å². The Morgan fingerprint density at radius 1 is 1.07 bits per heavy atom. The van der Waals surface area contributed by atoms with E-state index >= 15 is 0 Å². The molecule has 11 nitrogen and oxygen atoms in total. The smallest absolute Gasteiger partial charge is 0.489 e. The number of halogens is 2. The zero-order valence-corrected chi connectivity index (χ0v) is 24.4. The summed E-state index contributed by atoms with van der Waals surface area (Å²) in [6.45, 7) is 3.01. The monoisotopic (exact) mass is 629 g/mol. The predicted octanol–water partition coefficient (Wildman–Crippen LogP) is 4.17. The summed E-state index contributed by atoms with van der Waals surface area (Å²) in [6.07, 6.45) is -6.74. The van der Waals surface area contributed by atoms with Crippen molar-refractivity contribution in [3.63, 3.8) is 0 Å². The summed E-state index contributed by atoms with van der Waals surface area (Å²) in [6, 6.07) is 18.4. The Hall–Kier alpha value is -4.87. The van der Waals surface area contributed by atoms with Crippen molar-refractivity contribution in [2.75, 3.05) is 11.4 Å². The first-order valence-corrected chi connectivity index (χ1v) is 14.4. The lowest BCUT2D eigenvalue weighted by Gasteiger charge is -2.32. The van der Waals surface area contributed by atoms with Crippen LogP contribution in [0.2, 0.25) is 0 Å². The molecule has 1 aliphatic rings. The molecule has 0 unspecified atom stereocenters. The zero-order chi connectivity index (χ0) is 32.0. The van der Waals surface area contributed by atoms with Gasteiger partial charge < -0.3 is 34.6 Å². The van der Waals surface area contributed by atoms with Crippen molar-refractivity contribution >= 4 is 27.1 Å². The Morgan fingerprint density at radius 3 is 2.41 bits per heavy atom. The van der Waals surface area contributed by atoms with Crippen LogP contribution in [0.4, 0.5) is 19.3 Å². The summed E-state index contributed by atoms with van der Waals surface area (Å²) in [4.78, 5) is 12.7. The molecule has 0 spiro atoms. The summed E-state index contributed by atoms with van der Waals surface area (Å²) in [5.74, 6) is -0.643. The lowest BCUT2D eigenvalue weighted by atomic mass is 10.00. The number of ether oxygens (including phenoxy) is 3. The SMILES string of the molecule is CC(C)C(N(C[C@@H](O)[C@H](Cc1ccc(OCc2cccc(C#N)c2)cc1)NC(=O)O)c1ccc2c(c1)OC(F)(F)O2)=S(=O)=O. The van der Waals surface area contributed by atoms with Gasteiger partial charge in [-0.2, -0.15) is 13.7 Å². The van der Waals surface area contributed by atoms with Crippen molar-refractivity contribution in [3.05, 3.63) is 83.4 Å². The first-order valence-electron chi connectivity index (χ1n) is 13.4. The molecule has 1 amide bonds. The first kappa shape index (κ1) is 32.1. The van der Waals surface area contributed by atoms with E-state index in [4.69, 9.17) is 10.00 Å². The van der Waals surface area contributed by atoms with Crippen LogP contribution < -0.4 is 24.4 Å². The molecule has 0 saturated heterocycles. The Kier molecular flexibility index (Phi) is 9.92. The number of nitrogens with one attached hydrogen (secondary N) is 1. The van der Waals surface area contributed by atoms with E-state index < -0.39 is 47.3 Å². The Labute approximate surface area is 253 Å². The Morgan fingerprint density at radius 2 is 1.77 bits per heavy atom. The highest BCUT2D eigenvalue weighted by Crippen LogP contribution is 2.43. The van der Waals surface area contributed by atoms with Crippen LogP contribution in [0.25, 0.3) is 0 Å². The lowest BCUT2D eigenvalue weighted by Crippen LogP contribution is -2.51. The molecule has 232 valence electrons.